The van der Waals surface area contributed by atoms with Crippen molar-refractivity contribution in [2.75, 3.05) is 5.32 Å². The van der Waals surface area contributed by atoms with E-state index >= 15 is 0 Å². The van der Waals surface area contributed by atoms with Gasteiger partial charge in [0.2, 0.25) is 0 Å². The fourth-order valence-corrected chi connectivity index (χ4v) is 5.19. The van der Waals surface area contributed by atoms with Crippen LogP contribution in [-0.4, -0.2) is 17.9 Å². The lowest BCUT2D eigenvalue weighted by Gasteiger charge is -2.34. The number of thioether (sulfide) groups is 1. The zero-order valence-electron chi connectivity index (χ0n) is 17.1. The third-order valence-corrected chi connectivity index (χ3v) is 7.59. The molecular formula is C24H25ClN2O2S. The lowest BCUT2D eigenvalue weighted by atomic mass is 9.78. The predicted octanol–water partition coefficient (Wildman–Crippen LogP) is 5.98. The molecule has 0 saturated heterocycles. The lowest BCUT2D eigenvalue weighted by Crippen LogP contribution is -2.43. The molecule has 0 aromatic heterocycles. The number of hydrogen-bond donors (Lipinski definition) is 2. The summed E-state index contributed by atoms with van der Waals surface area (Å²) in [6.45, 7) is 4.47. The average Bonchev–Trinajstić information content (AvgIpc) is 2.73. The van der Waals surface area contributed by atoms with E-state index in [4.69, 9.17) is 11.6 Å². The Kier molecular flexibility index (Phi) is 6.21. The highest BCUT2D eigenvalue weighted by Gasteiger charge is 2.29. The van der Waals surface area contributed by atoms with Gasteiger partial charge in [0.15, 0.2) is 0 Å². The maximum atomic E-state index is 12.8. The van der Waals surface area contributed by atoms with Gasteiger partial charge in [-0.05, 0) is 54.2 Å². The molecule has 0 bridgehead atoms. The molecule has 2 N–H and O–H groups in total. The molecule has 2 amide bonds. The molecule has 1 fully saturated rings. The van der Waals surface area contributed by atoms with Gasteiger partial charge in [-0.3, -0.25) is 9.59 Å². The van der Waals surface area contributed by atoms with Gasteiger partial charge >= 0.3 is 0 Å². The molecule has 0 spiro atoms. The number of halogens is 1. The number of amides is 2. The van der Waals surface area contributed by atoms with Crippen molar-refractivity contribution in [1.29, 1.82) is 0 Å². The fourth-order valence-electron chi connectivity index (χ4n) is 4.07. The Labute approximate surface area is 186 Å². The van der Waals surface area contributed by atoms with Crippen molar-refractivity contribution < 1.29 is 9.59 Å². The second-order valence-corrected chi connectivity index (χ2v) is 9.64. The Balaban J connectivity index is 1.51. The number of nitrogens with one attached hydrogen (secondary N) is 2. The third kappa shape index (κ3) is 4.42. The van der Waals surface area contributed by atoms with E-state index in [1.165, 1.54) is 18.2 Å². The van der Waals surface area contributed by atoms with Crippen LogP contribution < -0.4 is 10.6 Å². The molecule has 30 heavy (non-hydrogen) atoms. The molecule has 2 aliphatic rings. The summed E-state index contributed by atoms with van der Waals surface area (Å²) in [5, 5.41) is 6.71. The van der Waals surface area contributed by atoms with Gasteiger partial charge in [0, 0.05) is 21.5 Å². The van der Waals surface area contributed by atoms with Crippen LogP contribution in [0.1, 0.15) is 49.0 Å². The van der Waals surface area contributed by atoms with E-state index in [1.54, 1.807) is 18.2 Å². The van der Waals surface area contributed by atoms with Crippen molar-refractivity contribution in [1.82, 2.24) is 5.32 Å². The Hall–Kier alpha value is -2.24. The van der Waals surface area contributed by atoms with Gasteiger partial charge in [0.05, 0.1) is 10.6 Å². The summed E-state index contributed by atoms with van der Waals surface area (Å²) in [6, 6.07) is 13.1. The molecule has 1 saturated carbocycles. The smallest absolute Gasteiger partial charge is 0.262 e. The molecule has 1 aliphatic carbocycles. The minimum absolute atomic E-state index is 0.0830. The van der Waals surface area contributed by atoms with Crippen molar-refractivity contribution in [3.63, 3.8) is 0 Å². The van der Waals surface area contributed by atoms with Gasteiger partial charge < -0.3 is 10.6 Å². The quantitative estimate of drug-likeness (QED) is 0.577. The minimum Gasteiger partial charge on any atom is -0.349 e. The number of hydrogen-bond acceptors (Lipinski definition) is 3. The first-order valence-corrected chi connectivity index (χ1v) is 11.5. The molecule has 4 rings (SSSR count). The molecule has 0 unspecified atom stereocenters. The number of fused-ring (bicyclic) bond motifs is 1. The van der Waals surface area contributed by atoms with Crippen LogP contribution in [0.5, 0.6) is 0 Å². The van der Waals surface area contributed by atoms with E-state index in [0.29, 0.717) is 33.0 Å². The van der Waals surface area contributed by atoms with E-state index in [1.807, 2.05) is 30.3 Å². The number of carbonyl (C=O) groups is 2. The van der Waals surface area contributed by atoms with Crippen molar-refractivity contribution in [3.05, 3.63) is 63.5 Å². The second kappa shape index (κ2) is 8.86. The van der Waals surface area contributed by atoms with Crippen molar-refractivity contribution in [2.45, 2.75) is 44.0 Å². The molecule has 3 atom stereocenters. The fraction of sp³-hybridized carbons (Fsp3) is 0.333. The summed E-state index contributed by atoms with van der Waals surface area (Å²) in [7, 11) is 0. The monoisotopic (exact) mass is 440 g/mol. The predicted molar refractivity (Wildman–Crippen MR) is 124 cm³/mol. The van der Waals surface area contributed by atoms with Crippen LogP contribution in [0.15, 0.2) is 52.3 Å². The van der Waals surface area contributed by atoms with Gasteiger partial charge in [-0.15, -0.1) is 0 Å². The van der Waals surface area contributed by atoms with Crippen LogP contribution in [0.2, 0.25) is 5.02 Å². The van der Waals surface area contributed by atoms with E-state index in [9.17, 15) is 9.59 Å². The van der Waals surface area contributed by atoms with Gasteiger partial charge in [-0.25, -0.2) is 0 Å². The highest BCUT2D eigenvalue weighted by Crippen LogP contribution is 2.40. The maximum Gasteiger partial charge on any atom is 0.262 e. The molecule has 2 aromatic rings. The number of anilines is 1. The first kappa shape index (κ1) is 21.0. The van der Waals surface area contributed by atoms with Crippen LogP contribution in [-0.2, 0) is 4.79 Å². The van der Waals surface area contributed by atoms with Crippen LogP contribution >= 0.6 is 23.4 Å². The molecule has 1 aliphatic heterocycles. The molecule has 4 nitrogen and oxygen atoms in total. The number of benzene rings is 2. The Bertz CT molecular complexity index is 1020. The van der Waals surface area contributed by atoms with Crippen LogP contribution in [0, 0.1) is 11.8 Å². The zero-order chi connectivity index (χ0) is 21.3. The van der Waals surface area contributed by atoms with Gasteiger partial charge in [0.25, 0.3) is 11.8 Å². The Morgan fingerprint density at radius 3 is 2.80 bits per heavy atom. The van der Waals surface area contributed by atoms with Gasteiger partial charge in [-0.2, -0.15) is 0 Å². The Morgan fingerprint density at radius 2 is 2.00 bits per heavy atom. The number of rotatable bonds is 3. The van der Waals surface area contributed by atoms with Gasteiger partial charge in [-0.1, -0.05) is 68.3 Å². The van der Waals surface area contributed by atoms with Crippen LogP contribution in [0.25, 0.3) is 6.08 Å². The summed E-state index contributed by atoms with van der Waals surface area (Å²) < 4.78 is 0. The van der Waals surface area contributed by atoms with Crippen molar-refractivity contribution in [3.8, 4) is 0 Å². The van der Waals surface area contributed by atoms with E-state index in [-0.39, 0.29) is 17.9 Å². The first-order chi connectivity index (χ1) is 14.4. The molecule has 6 heteroatoms. The minimum atomic E-state index is -0.195. The lowest BCUT2D eigenvalue weighted by molar-refractivity contribution is -0.112. The first-order valence-electron chi connectivity index (χ1n) is 10.3. The molecule has 0 radical (unpaired) electrons. The normalized spacial score (nSPS) is 24.8. The van der Waals surface area contributed by atoms with Crippen LogP contribution in [0.4, 0.5) is 5.69 Å². The largest absolute Gasteiger partial charge is 0.349 e. The standard InChI is InChI=1S/C24H25ClN2O2S/c1-14-6-5-9-19(15(14)2)26-23(28)17-10-11-21-20(12-17)27-24(29)22(30-21)13-16-7-3-4-8-18(16)25/h3-4,7-8,10-15,19H,5-6,9H2,1-2H3,(H,26,28)(H,27,29)/b22-13+/t14-,15+,19+/m1/s1. The van der Waals surface area contributed by atoms with Crippen molar-refractivity contribution in [2.24, 2.45) is 11.8 Å². The maximum absolute atomic E-state index is 12.8. The highest BCUT2D eigenvalue weighted by molar-refractivity contribution is 8.04. The van der Waals surface area contributed by atoms with E-state index in [2.05, 4.69) is 24.5 Å². The second-order valence-electron chi connectivity index (χ2n) is 8.14. The Morgan fingerprint density at radius 1 is 1.20 bits per heavy atom. The summed E-state index contributed by atoms with van der Waals surface area (Å²) in [5.74, 6) is 0.805. The molecule has 2 aromatic carbocycles. The van der Waals surface area contributed by atoms with Gasteiger partial charge in [0.1, 0.15) is 0 Å². The summed E-state index contributed by atoms with van der Waals surface area (Å²) in [4.78, 5) is 26.9. The van der Waals surface area contributed by atoms with Crippen molar-refractivity contribution >= 4 is 46.9 Å². The molecule has 1 heterocycles. The topological polar surface area (TPSA) is 58.2 Å². The average molecular weight is 441 g/mol. The SMILES string of the molecule is C[C@H]1[C@H](C)CCC[C@@H]1NC(=O)c1ccc2c(c1)NC(=O)/C(=C\c1ccccc1Cl)S2. The third-order valence-electron chi connectivity index (χ3n) is 6.15. The summed E-state index contributed by atoms with van der Waals surface area (Å²) >= 11 is 7.60. The highest BCUT2D eigenvalue weighted by atomic mass is 35.5. The van der Waals surface area contributed by atoms with E-state index in [0.717, 1.165) is 23.3 Å². The summed E-state index contributed by atoms with van der Waals surface area (Å²) in [5.41, 5.74) is 2.03. The van der Waals surface area contributed by atoms with Crippen LogP contribution in [0.3, 0.4) is 0 Å². The molecular weight excluding hydrogens is 416 g/mol. The summed E-state index contributed by atoms with van der Waals surface area (Å²) in [6.07, 6.45) is 5.18. The van der Waals surface area contributed by atoms with E-state index < -0.39 is 0 Å². The molecule has 156 valence electrons. The number of carbonyl (C=O) groups excluding carboxylic acids is 2. The zero-order valence-corrected chi connectivity index (χ0v) is 18.6.